The third kappa shape index (κ3) is 4.48. The summed E-state index contributed by atoms with van der Waals surface area (Å²) >= 11 is 0. The van der Waals surface area contributed by atoms with Gasteiger partial charge in [-0.2, -0.15) is 5.10 Å². The summed E-state index contributed by atoms with van der Waals surface area (Å²) in [6.07, 6.45) is 3.13. The van der Waals surface area contributed by atoms with Gasteiger partial charge in [0.15, 0.2) is 0 Å². The number of benzene rings is 1. The van der Waals surface area contributed by atoms with Gasteiger partial charge in [0.25, 0.3) is 5.56 Å². The van der Waals surface area contributed by atoms with E-state index < -0.39 is 0 Å². The Kier molecular flexibility index (Phi) is 5.65. The minimum atomic E-state index is -0.357. The van der Waals surface area contributed by atoms with Crippen molar-refractivity contribution in [1.82, 2.24) is 19.7 Å². The van der Waals surface area contributed by atoms with Crippen molar-refractivity contribution in [3.63, 3.8) is 0 Å². The maximum Gasteiger partial charge on any atom is 0.316 e. The summed E-state index contributed by atoms with van der Waals surface area (Å²) in [6, 6.07) is 9.28. The molecule has 3 aromatic rings. The fraction of sp³-hybridized carbons (Fsp3) is 0.222. The predicted octanol–water partition coefficient (Wildman–Crippen LogP) is 1.91. The molecule has 0 atom stereocenters. The summed E-state index contributed by atoms with van der Waals surface area (Å²) in [6.45, 7) is 0.966. The van der Waals surface area contributed by atoms with Gasteiger partial charge in [0.2, 0.25) is 0 Å². The van der Waals surface area contributed by atoms with E-state index in [1.807, 2.05) is 0 Å². The van der Waals surface area contributed by atoms with Gasteiger partial charge in [-0.1, -0.05) is 12.1 Å². The maximum atomic E-state index is 13.3. The molecule has 134 valence electrons. The van der Waals surface area contributed by atoms with E-state index in [0.717, 1.165) is 0 Å². The minimum absolute atomic E-state index is 0.170. The molecule has 0 amide bonds. The van der Waals surface area contributed by atoms with E-state index in [4.69, 9.17) is 9.47 Å². The number of methoxy groups -OCH3 is 1. The lowest BCUT2D eigenvalue weighted by atomic mass is 10.2. The summed E-state index contributed by atoms with van der Waals surface area (Å²) in [5, 5.41) is 4.31. The highest BCUT2D eigenvalue weighted by atomic mass is 19.1. The van der Waals surface area contributed by atoms with E-state index in [1.54, 1.807) is 37.7 Å². The average Bonchev–Trinajstić information content (AvgIpc) is 2.64. The lowest BCUT2D eigenvalue weighted by Gasteiger charge is -2.08. The molecular formula is C18H17FN4O3. The van der Waals surface area contributed by atoms with E-state index in [2.05, 4.69) is 15.1 Å². The topological polar surface area (TPSA) is 79.1 Å². The Balaban J connectivity index is 1.79. The van der Waals surface area contributed by atoms with Crippen LogP contribution in [0.25, 0.3) is 11.3 Å². The Morgan fingerprint density at radius 1 is 1.12 bits per heavy atom. The first-order valence-corrected chi connectivity index (χ1v) is 7.92. The quantitative estimate of drug-likeness (QED) is 0.602. The monoisotopic (exact) mass is 356 g/mol. The van der Waals surface area contributed by atoms with E-state index in [9.17, 15) is 9.18 Å². The van der Waals surface area contributed by atoms with Crippen molar-refractivity contribution >= 4 is 0 Å². The Hall–Kier alpha value is -3.13. The molecule has 1 aromatic carbocycles. The van der Waals surface area contributed by atoms with Crippen molar-refractivity contribution in [3.8, 4) is 17.3 Å². The van der Waals surface area contributed by atoms with Crippen LogP contribution in [0.4, 0.5) is 4.39 Å². The normalized spacial score (nSPS) is 10.7. The Labute approximate surface area is 149 Å². The number of rotatable bonds is 7. The summed E-state index contributed by atoms with van der Waals surface area (Å²) in [7, 11) is 1.58. The Bertz CT molecular complexity index is 928. The number of nitrogens with zero attached hydrogens (tertiary/aromatic N) is 4. The fourth-order valence-electron chi connectivity index (χ4n) is 2.26. The fourth-order valence-corrected chi connectivity index (χ4v) is 2.26. The largest absolute Gasteiger partial charge is 0.461 e. The van der Waals surface area contributed by atoms with Crippen molar-refractivity contribution in [2.75, 3.05) is 20.3 Å². The van der Waals surface area contributed by atoms with Crippen LogP contribution in [-0.2, 0) is 11.3 Å². The van der Waals surface area contributed by atoms with Crippen LogP contribution in [-0.4, -0.2) is 40.1 Å². The summed E-state index contributed by atoms with van der Waals surface area (Å²) in [4.78, 5) is 20.3. The van der Waals surface area contributed by atoms with Crippen LogP contribution >= 0.6 is 0 Å². The molecule has 0 radical (unpaired) electrons. The standard InChI is InChI=1S/C18H17FN4O3/c1-25-7-8-26-18-20-10-14(11-21-18)16-5-6-17(24)23(22-16)12-13-3-2-4-15(19)9-13/h2-6,9-11H,7-8,12H2,1H3. The van der Waals surface area contributed by atoms with Gasteiger partial charge in [-0.25, -0.2) is 19.0 Å². The van der Waals surface area contributed by atoms with E-state index >= 15 is 0 Å². The van der Waals surface area contributed by atoms with Crippen molar-refractivity contribution in [2.24, 2.45) is 0 Å². The first-order chi connectivity index (χ1) is 12.7. The second-order valence-electron chi connectivity index (χ2n) is 5.44. The van der Waals surface area contributed by atoms with Crippen molar-refractivity contribution in [1.29, 1.82) is 0 Å². The molecule has 26 heavy (non-hydrogen) atoms. The van der Waals surface area contributed by atoms with E-state index in [-0.39, 0.29) is 23.9 Å². The molecule has 0 saturated heterocycles. The third-order valence-corrected chi connectivity index (χ3v) is 3.53. The van der Waals surface area contributed by atoms with Gasteiger partial charge in [0.1, 0.15) is 12.4 Å². The van der Waals surface area contributed by atoms with Crippen LogP contribution < -0.4 is 10.3 Å². The number of ether oxygens (including phenoxy) is 2. The van der Waals surface area contributed by atoms with Crippen molar-refractivity contribution < 1.29 is 13.9 Å². The van der Waals surface area contributed by atoms with Crippen molar-refractivity contribution in [2.45, 2.75) is 6.54 Å². The van der Waals surface area contributed by atoms with Gasteiger partial charge < -0.3 is 9.47 Å². The summed E-state index contributed by atoms with van der Waals surface area (Å²) in [5.74, 6) is -0.357. The predicted molar refractivity (Wildman–Crippen MR) is 92.4 cm³/mol. The molecule has 8 heteroatoms. The first-order valence-electron chi connectivity index (χ1n) is 7.92. The van der Waals surface area contributed by atoms with E-state index in [0.29, 0.717) is 30.0 Å². The maximum absolute atomic E-state index is 13.3. The van der Waals surface area contributed by atoms with Gasteiger partial charge >= 0.3 is 6.01 Å². The van der Waals surface area contributed by atoms with Crippen LogP contribution in [0.1, 0.15) is 5.56 Å². The van der Waals surface area contributed by atoms with Crippen LogP contribution in [0.5, 0.6) is 6.01 Å². The molecule has 0 aliphatic rings. The lowest BCUT2D eigenvalue weighted by molar-refractivity contribution is 0.141. The Morgan fingerprint density at radius 2 is 1.92 bits per heavy atom. The molecule has 3 rings (SSSR count). The van der Waals surface area contributed by atoms with Gasteiger partial charge in [-0.05, 0) is 23.8 Å². The van der Waals surface area contributed by atoms with Crippen molar-refractivity contribution in [3.05, 3.63) is 70.5 Å². The SMILES string of the molecule is COCCOc1ncc(-c2ccc(=O)n(Cc3cccc(F)c3)n2)cn1. The molecule has 0 N–H and O–H groups in total. The lowest BCUT2D eigenvalue weighted by Crippen LogP contribution is -2.22. The molecule has 0 fully saturated rings. The second kappa shape index (κ2) is 8.30. The molecule has 7 nitrogen and oxygen atoms in total. The molecule has 2 heterocycles. The highest BCUT2D eigenvalue weighted by molar-refractivity contribution is 5.55. The van der Waals surface area contributed by atoms with Crippen LogP contribution in [0.15, 0.2) is 53.6 Å². The van der Waals surface area contributed by atoms with Gasteiger partial charge in [-0.15, -0.1) is 0 Å². The summed E-state index contributed by atoms with van der Waals surface area (Å²) < 4.78 is 24.8. The smallest absolute Gasteiger partial charge is 0.316 e. The molecule has 0 saturated carbocycles. The van der Waals surface area contributed by atoms with Crippen LogP contribution in [0.3, 0.4) is 0 Å². The molecule has 0 aliphatic carbocycles. The molecule has 2 aromatic heterocycles. The van der Waals surface area contributed by atoms with E-state index in [1.165, 1.54) is 22.9 Å². The number of halogens is 1. The molecule has 0 unspecified atom stereocenters. The zero-order valence-electron chi connectivity index (χ0n) is 14.1. The zero-order chi connectivity index (χ0) is 18.4. The van der Waals surface area contributed by atoms with Gasteiger partial charge in [-0.3, -0.25) is 4.79 Å². The average molecular weight is 356 g/mol. The number of hydrogen-bond donors (Lipinski definition) is 0. The van der Waals surface area contributed by atoms with Gasteiger partial charge in [0, 0.05) is 31.1 Å². The van der Waals surface area contributed by atoms with Crippen LogP contribution in [0.2, 0.25) is 0 Å². The number of aromatic nitrogens is 4. The highest BCUT2D eigenvalue weighted by Gasteiger charge is 2.07. The third-order valence-electron chi connectivity index (χ3n) is 3.53. The highest BCUT2D eigenvalue weighted by Crippen LogP contribution is 2.15. The molecular weight excluding hydrogens is 339 g/mol. The second-order valence-corrected chi connectivity index (χ2v) is 5.44. The minimum Gasteiger partial charge on any atom is -0.461 e. The zero-order valence-corrected chi connectivity index (χ0v) is 14.1. The Morgan fingerprint density at radius 3 is 2.65 bits per heavy atom. The summed E-state index contributed by atoms with van der Waals surface area (Å²) in [5.41, 5.74) is 1.54. The molecule has 0 spiro atoms. The number of hydrogen-bond acceptors (Lipinski definition) is 6. The molecule has 0 aliphatic heterocycles. The van der Waals surface area contributed by atoms with Crippen LogP contribution in [0, 0.1) is 5.82 Å². The molecule has 0 bridgehead atoms. The first kappa shape index (κ1) is 17.7. The van der Waals surface area contributed by atoms with Gasteiger partial charge in [0.05, 0.1) is 18.8 Å².